The van der Waals surface area contributed by atoms with Crippen molar-refractivity contribution in [1.82, 2.24) is 0 Å². The van der Waals surface area contributed by atoms with E-state index in [-0.39, 0.29) is 0 Å². The van der Waals surface area contributed by atoms with Gasteiger partial charge in [-0.2, -0.15) is 0 Å². The first-order valence-electron chi connectivity index (χ1n) is 10.5. The molecule has 2 aliphatic heterocycles. The van der Waals surface area contributed by atoms with Crippen molar-refractivity contribution < 1.29 is 23.6 Å². The Labute approximate surface area is 188 Å². The maximum atomic E-state index is 12.1. The Morgan fingerprint density at radius 2 is 1.81 bits per heavy atom. The van der Waals surface area contributed by atoms with Gasteiger partial charge < -0.3 is 18.9 Å². The van der Waals surface area contributed by atoms with Crippen LogP contribution < -0.4 is 15.1 Å². The van der Waals surface area contributed by atoms with Gasteiger partial charge in [0, 0.05) is 17.5 Å². The van der Waals surface area contributed by atoms with Crippen molar-refractivity contribution in [3.63, 3.8) is 0 Å². The first-order chi connectivity index (χ1) is 15.1. The van der Waals surface area contributed by atoms with Gasteiger partial charge in [-0.3, -0.25) is 4.79 Å². The highest BCUT2D eigenvalue weighted by molar-refractivity contribution is 6.62. The zero-order valence-corrected chi connectivity index (χ0v) is 19.2. The normalized spacial score (nSPS) is 18.4. The van der Waals surface area contributed by atoms with E-state index in [4.69, 9.17) is 14.0 Å². The standard InChI is InChI=1S/C25H26BNO5/c1-16-20(26-31-24(2,3)25(4,5)32-26)8-7-9-21(16)27-11-10-17-12-18(14-28)23(30-6)13-19(17)22(27)15-29/h7-14H,1-6H3. The number of methoxy groups -OCH3 is 1. The van der Waals surface area contributed by atoms with Gasteiger partial charge in [-0.15, -0.1) is 0 Å². The first kappa shape index (κ1) is 22.1. The second kappa shape index (κ2) is 7.78. The summed E-state index contributed by atoms with van der Waals surface area (Å²) in [7, 11) is 0.980. The molecule has 0 saturated carbocycles. The van der Waals surface area contributed by atoms with Crippen molar-refractivity contribution >= 4 is 42.3 Å². The molecule has 7 heteroatoms. The Hall–Kier alpha value is -3.12. The van der Waals surface area contributed by atoms with E-state index in [9.17, 15) is 9.59 Å². The molecule has 0 atom stereocenters. The lowest BCUT2D eigenvalue weighted by Crippen LogP contribution is -2.41. The van der Waals surface area contributed by atoms with Crippen molar-refractivity contribution in [3.8, 4) is 5.75 Å². The van der Waals surface area contributed by atoms with E-state index in [0.717, 1.165) is 28.6 Å². The number of rotatable bonds is 4. The molecular formula is C25H26BNO5. The van der Waals surface area contributed by atoms with Crippen molar-refractivity contribution in [2.24, 2.45) is 0 Å². The van der Waals surface area contributed by atoms with E-state index in [1.165, 1.54) is 7.11 Å². The molecule has 164 valence electrons. The van der Waals surface area contributed by atoms with Crippen LogP contribution in [0.5, 0.6) is 5.75 Å². The highest BCUT2D eigenvalue weighted by Gasteiger charge is 2.52. The summed E-state index contributed by atoms with van der Waals surface area (Å²) in [5.41, 5.74) is 3.91. The summed E-state index contributed by atoms with van der Waals surface area (Å²) in [5, 5.41) is 0. The van der Waals surface area contributed by atoms with Crippen LogP contribution >= 0.6 is 0 Å². The van der Waals surface area contributed by atoms with E-state index in [2.05, 4.69) is 5.94 Å². The number of hydrogen-bond acceptors (Lipinski definition) is 6. The van der Waals surface area contributed by atoms with Gasteiger partial charge in [-0.1, -0.05) is 12.1 Å². The van der Waals surface area contributed by atoms with Crippen LogP contribution in [0, 0.1) is 6.92 Å². The third-order valence-corrected chi connectivity index (χ3v) is 6.64. The number of benzene rings is 2. The van der Waals surface area contributed by atoms with E-state index in [1.807, 2.05) is 58.9 Å². The molecule has 0 aromatic heterocycles. The van der Waals surface area contributed by atoms with Crippen LogP contribution in [0.15, 0.2) is 36.5 Å². The second-order valence-electron chi connectivity index (χ2n) is 9.02. The molecule has 0 bridgehead atoms. The van der Waals surface area contributed by atoms with Gasteiger partial charge in [0.15, 0.2) is 12.2 Å². The molecular weight excluding hydrogens is 405 g/mol. The average Bonchev–Trinajstić information content (AvgIpc) is 2.98. The minimum absolute atomic E-state index is 0.340. The molecule has 0 spiro atoms. The molecule has 4 rings (SSSR count). The fourth-order valence-electron chi connectivity index (χ4n) is 4.02. The summed E-state index contributed by atoms with van der Waals surface area (Å²) < 4.78 is 17.8. The molecule has 0 radical (unpaired) electrons. The lowest BCUT2D eigenvalue weighted by Gasteiger charge is -2.32. The van der Waals surface area contributed by atoms with Crippen LogP contribution in [-0.4, -0.2) is 37.7 Å². The SMILES string of the molecule is COc1cc2c(cc1C=O)C=CN(c1cccc(B3OC(C)(C)C(C)(C)O3)c1C)C2=C=O. The van der Waals surface area contributed by atoms with Crippen LogP contribution in [0.25, 0.3) is 11.8 Å². The van der Waals surface area contributed by atoms with E-state index < -0.39 is 18.3 Å². The van der Waals surface area contributed by atoms with Crippen molar-refractivity contribution in [3.05, 3.63) is 58.8 Å². The highest BCUT2D eigenvalue weighted by atomic mass is 16.7. The van der Waals surface area contributed by atoms with Gasteiger partial charge in [-0.05, 0) is 75.5 Å². The third-order valence-electron chi connectivity index (χ3n) is 6.64. The maximum Gasteiger partial charge on any atom is 0.495 e. The lowest BCUT2D eigenvalue weighted by atomic mass is 9.75. The molecule has 0 aliphatic carbocycles. The summed E-state index contributed by atoms with van der Waals surface area (Å²) in [6.45, 7) is 10.1. The summed E-state index contributed by atoms with van der Waals surface area (Å²) in [4.78, 5) is 25.3. The fourth-order valence-corrected chi connectivity index (χ4v) is 4.02. The smallest absolute Gasteiger partial charge is 0.495 e. The number of aldehydes is 1. The van der Waals surface area contributed by atoms with E-state index in [1.54, 1.807) is 23.2 Å². The minimum Gasteiger partial charge on any atom is -0.496 e. The van der Waals surface area contributed by atoms with Crippen LogP contribution in [0.3, 0.4) is 0 Å². The van der Waals surface area contributed by atoms with Crippen LogP contribution in [0.1, 0.15) is 54.7 Å². The largest absolute Gasteiger partial charge is 0.496 e. The number of nitrogens with zero attached hydrogens (tertiary/aromatic N) is 1. The van der Waals surface area contributed by atoms with Crippen molar-refractivity contribution in [2.75, 3.05) is 12.0 Å². The van der Waals surface area contributed by atoms with Crippen molar-refractivity contribution in [2.45, 2.75) is 45.8 Å². The number of carbonyl (C=O) groups is 1. The number of anilines is 1. The van der Waals surface area contributed by atoms with E-state index >= 15 is 0 Å². The fraction of sp³-hybridized carbons (Fsp3) is 0.320. The number of ether oxygens (including phenoxy) is 1. The molecule has 6 nitrogen and oxygen atoms in total. The number of carbonyl (C=O) groups excluding carboxylic acids is 2. The third kappa shape index (κ3) is 3.39. The Bertz CT molecular complexity index is 1160. The Kier molecular flexibility index (Phi) is 5.37. The molecule has 1 fully saturated rings. The molecule has 2 heterocycles. The molecule has 1 saturated heterocycles. The Balaban J connectivity index is 1.77. The summed E-state index contributed by atoms with van der Waals surface area (Å²) in [6, 6.07) is 9.24. The van der Waals surface area contributed by atoms with Crippen LogP contribution in [0.2, 0.25) is 0 Å². The summed E-state index contributed by atoms with van der Waals surface area (Å²) in [6.07, 6.45) is 4.41. The van der Waals surface area contributed by atoms with E-state index in [0.29, 0.717) is 22.6 Å². The van der Waals surface area contributed by atoms with Gasteiger partial charge in [0.2, 0.25) is 0 Å². The maximum absolute atomic E-state index is 12.1. The van der Waals surface area contributed by atoms with Gasteiger partial charge in [0.1, 0.15) is 11.4 Å². The Morgan fingerprint density at radius 1 is 1.12 bits per heavy atom. The quantitative estimate of drug-likeness (QED) is 0.417. The monoisotopic (exact) mass is 431 g/mol. The van der Waals surface area contributed by atoms with Gasteiger partial charge in [0.05, 0.1) is 23.9 Å². The number of fused-ring (bicyclic) bond motifs is 1. The summed E-state index contributed by atoms with van der Waals surface area (Å²) in [5.74, 6) is 2.48. The zero-order valence-electron chi connectivity index (χ0n) is 19.2. The molecule has 0 amide bonds. The molecule has 2 aliphatic rings. The molecule has 0 unspecified atom stereocenters. The minimum atomic E-state index is -0.514. The van der Waals surface area contributed by atoms with Crippen LogP contribution in [-0.2, 0) is 14.1 Å². The second-order valence-corrected chi connectivity index (χ2v) is 9.02. The molecule has 0 N–H and O–H groups in total. The predicted molar refractivity (Wildman–Crippen MR) is 126 cm³/mol. The van der Waals surface area contributed by atoms with Crippen LogP contribution in [0.4, 0.5) is 5.69 Å². The average molecular weight is 431 g/mol. The highest BCUT2D eigenvalue weighted by Crippen LogP contribution is 2.39. The lowest BCUT2D eigenvalue weighted by molar-refractivity contribution is 0.00578. The first-order valence-corrected chi connectivity index (χ1v) is 10.5. The Morgan fingerprint density at radius 3 is 2.41 bits per heavy atom. The molecule has 32 heavy (non-hydrogen) atoms. The molecule has 2 aromatic carbocycles. The van der Waals surface area contributed by atoms with Gasteiger partial charge in [0.25, 0.3) is 0 Å². The zero-order chi connectivity index (χ0) is 23.3. The number of hydrogen-bond donors (Lipinski definition) is 0. The van der Waals surface area contributed by atoms with Gasteiger partial charge in [-0.25, -0.2) is 4.79 Å². The molecule has 2 aromatic rings. The predicted octanol–water partition coefficient (Wildman–Crippen LogP) is 3.78. The summed E-state index contributed by atoms with van der Waals surface area (Å²) >= 11 is 0. The van der Waals surface area contributed by atoms with Gasteiger partial charge >= 0.3 is 7.12 Å². The topological polar surface area (TPSA) is 65.1 Å². The van der Waals surface area contributed by atoms with Crippen molar-refractivity contribution in [1.29, 1.82) is 0 Å².